The quantitative estimate of drug-likeness (QED) is 0.176. The second-order valence-electron chi connectivity index (χ2n) is 4.46. The van der Waals surface area contributed by atoms with Crippen molar-refractivity contribution in [2.24, 2.45) is 17.2 Å². The van der Waals surface area contributed by atoms with E-state index in [1.54, 1.807) is 0 Å². The van der Waals surface area contributed by atoms with Crippen molar-refractivity contribution >= 4 is 0 Å². The Morgan fingerprint density at radius 3 is 1.47 bits per heavy atom. The van der Waals surface area contributed by atoms with Crippen LogP contribution in [0.4, 0.5) is 0 Å². The molecule has 0 heterocycles. The predicted molar refractivity (Wildman–Crippen MR) is 82.2 cm³/mol. The molecule has 0 atom stereocenters. The topological polar surface area (TPSA) is 117 Å². The van der Waals surface area contributed by atoms with Gasteiger partial charge in [-0.1, -0.05) is 0 Å². The molecular formula is C12H33N7. The van der Waals surface area contributed by atoms with E-state index >= 15 is 0 Å². The first-order valence-corrected chi connectivity index (χ1v) is 7.29. The number of hydrogen-bond acceptors (Lipinski definition) is 7. The van der Waals surface area contributed by atoms with Crippen LogP contribution in [0.5, 0.6) is 0 Å². The summed E-state index contributed by atoms with van der Waals surface area (Å²) < 4.78 is 0. The summed E-state index contributed by atoms with van der Waals surface area (Å²) in [5.74, 6) is 0. The van der Waals surface area contributed by atoms with Crippen molar-refractivity contribution in [1.82, 2.24) is 20.9 Å². The fraction of sp³-hybridized carbons (Fsp3) is 1.00. The molecule has 0 radical (unpaired) electrons. The second kappa shape index (κ2) is 15.8. The number of nitrogens with zero attached hydrogens (tertiary/aromatic N) is 1. The van der Waals surface area contributed by atoms with Crippen LogP contribution < -0.4 is 33.2 Å². The summed E-state index contributed by atoms with van der Waals surface area (Å²) in [5, 5.41) is 9.96. The lowest BCUT2D eigenvalue weighted by Gasteiger charge is -2.22. The molecule has 7 nitrogen and oxygen atoms in total. The molecule has 0 rings (SSSR count). The standard InChI is InChI=1S/C12H33N7/c13-1-4-16-6-7-18-9-12-19(10-3-15)11-8-17-5-2-14/h16-18H,1-15H2. The van der Waals surface area contributed by atoms with E-state index in [1.807, 2.05) is 0 Å². The minimum Gasteiger partial charge on any atom is -0.329 e. The van der Waals surface area contributed by atoms with Gasteiger partial charge in [-0.15, -0.1) is 0 Å². The molecule has 0 amide bonds. The predicted octanol–water partition coefficient (Wildman–Crippen LogP) is -3.07. The fourth-order valence-electron chi connectivity index (χ4n) is 1.75. The zero-order valence-electron chi connectivity index (χ0n) is 12.2. The molecule has 0 unspecified atom stereocenters. The third kappa shape index (κ3) is 13.9. The van der Waals surface area contributed by atoms with E-state index < -0.39 is 0 Å². The Kier molecular flexibility index (Phi) is 15.5. The molecule has 0 aliphatic heterocycles. The maximum Gasteiger partial charge on any atom is 0.0108 e. The van der Waals surface area contributed by atoms with Crippen molar-refractivity contribution in [3.63, 3.8) is 0 Å². The van der Waals surface area contributed by atoms with E-state index in [-0.39, 0.29) is 0 Å². The molecule has 19 heavy (non-hydrogen) atoms. The Labute approximate surface area is 117 Å². The molecule has 0 spiro atoms. The summed E-state index contributed by atoms with van der Waals surface area (Å²) in [6.07, 6.45) is 0. The zero-order valence-corrected chi connectivity index (χ0v) is 12.2. The first kappa shape index (κ1) is 18.7. The monoisotopic (exact) mass is 275 g/mol. The van der Waals surface area contributed by atoms with Gasteiger partial charge in [-0.3, -0.25) is 4.90 Å². The second-order valence-corrected chi connectivity index (χ2v) is 4.46. The first-order valence-electron chi connectivity index (χ1n) is 7.29. The summed E-state index contributed by atoms with van der Waals surface area (Å²) in [6.45, 7) is 10.7. The minimum absolute atomic E-state index is 0.689. The summed E-state index contributed by atoms with van der Waals surface area (Å²) in [5.41, 5.74) is 16.4. The van der Waals surface area contributed by atoms with Crippen LogP contribution in [-0.4, -0.2) is 83.4 Å². The van der Waals surface area contributed by atoms with Crippen molar-refractivity contribution in [2.75, 3.05) is 78.5 Å². The van der Waals surface area contributed by atoms with Gasteiger partial charge in [-0.25, -0.2) is 0 Å². The molecule has 116 valence electrons. The molecule has 0 saturated heterocycles. The van der Waals surface area contributed by atoms with Crippen LogP contribution in [0.25, 0.3) is 0 Å². The van der Waals surface area contributed by atoms with Gasteiger partial charge in [0.05, 0.1) is 0 Å². The lowest BCUT2D eigenvalue weighted by molar-refractivity contribution is 0.280. The van der Waals surface area contributed by atoms with Crippen LogP contribution in [0, 0.1) is 0 Å². The average molecular weight is 275 g/mol. The molecule has 0 aliphatic rings. The van der Waals surface area contributed by atoms with Gasteiger partial charge in [-0.2, -0.15) is 0 Å². The molecule has 0 aromatic carbocycles. The van der Waals surface area contributed by atoms with Crippen LogP contribution in [0.2, 0.25) is 0 Å². The maximum absolute atomic E-state index is 5.62. The largest absolute Gasteiger partial charge is 0.329 e. The third-order valence-corrected chi connectivity index (χ3v) is 2.78. The van der Waals surface area contributed by atoms with Crippen LogP contribution >= 0.6 is 0 Å². The summed E-state index contributed by atoms with van der Waals surface area (Å²) in [6, 6.07) is 0. The third-order valence-electron chi connectivity index (χ3n) is 2.78. The van der Waals surface area contributed by atoms with Crippen molar-refractivity contribution in [2.45, 2.75) is 0 Å². The highest BCUT2D eigenvalue weighted by Crippen LogP contribution is 1.84. The lowest BCUT2D eigenvalue weighted by Crippen LogP contribution is -2.41. The molecule has 0 aliphatic carbocycles. The summed E-state index contributed by atoms with van der Waals surface area (Å²) in [4.78, 5) is 2.36. The van der Waals surface area contributed by atoms with E-state index in [2.05, 4.69) is 20.9 Å². The Balaban J connectivity index is 3.42. The van der Waals surface area contributed by atoms with Gasteiger partial charge in [0.2, 0.25) is 0 Å². The number of nitrogens with one attached hydrogen (secondary N) is 3. The van der Waals surface area contributed by atoms with Crippen molar-refractivity contribution in [3.05, 3.63) is 0 Å². The van der Waals surface area contributed by atoms with Gasteiger partial charge in [0.15, 0.2) is 0 Å². The highest BCUT2D eigenvalue weighted by atomic mass is 15.2. The molecule has 9 N–H and O–H groups in total. The van der Waals surface area contributed by atoms with Crippen LogP contribution in [-0.2, 0) is 0 Å². The Morgan fingerprint density at radius 1 is 0.526 bits per heavy atom. The summed E-state index contributed by atoms with van der Waals surface area (Å²) >= 11 is 0. The molecular weight excluding hydrogens is 242 g/mol. The van der Waals surface area contributed by atoms with Gasteiger partial charge >= 0.3 is 0 Å². The van der Waals surface area contributed by atoms with E-state index in [9.17, 15) is 0 Å². The minimum atomic E-state index is 0.689. The van der Waals surface area contributed by atoms with Crippen molar-refractivity contribution in [1.29, 1.82) is 0 Å². The Hall–Kier alpha value is -0.280. The smallest absolute Gasteiger partial charge is 0.0108 e. The zero-order chi connectivity index (χ0) is 14.2. The van der Waals surface area contributed by atoms with E-state index in [0.717, 1.165) is 58.9 Å². The summed E-state index contributed by atoms with van der Waals surface area (Å²) in [7, 11) is 0. The van der Waals surface area contributed by atoms with Gasteiger partial charge in [-0.05, 0) is 0 Å². The maximum atomic E-state index is 5.62. The molecule has 0 bridgehead atoms. The SMILES string of the molecule is NCCNCCNCCN(CCN)CCNCCN. The first-order chi connectivity index (χ1) is 9.35. The lowest BCUT2D eigenvalue weighted by atomic mass is 10.4. The molecule has 7 heteroatoms. The van der Waals surface area contributed by atoms with E-state index in [0.29, 0.717) is 19.6 Å². The Morgan fingerprint density at radius 2 is 1.00 bits per heavy atom. The number of rotatable bonds is 15. The number of hydrogen-bond donors (Lipinski definition) is 6. The van der Waals surface area contributed by atoms with Gasteiger partial charge in [0.25, 0.3) is 0 Å². The molecule has 0 aromatic heterocycles. The van der Waals surface area contributed by atoms with Crippen LogP contribution in [0.1, 0.15) is 0 Å². The molecule has 0 fully saturated rings. The van der Waals surface area contributed by atoms with E-state index in [4.69, 9.17) is 17.2 Å². The average Bonchev–Trinajstić information content (AvgIpc) is 2.42. The van der Waals surface area contributed by atoms with Crippen LogP contribution in [0.15, 0.2) is 0 Å². The van der Waals surface area contributed by atoms with Crippen molar-refractivity contribution in [3.8, 4) is 0 Å². The normalized spacial score (nSPS) is 11.4. The Bertz CT molecular complexity index is 168. The van der Waals surface area contributed by atoms with Crippen molar-refractivity contribution < 1.29 is 0 Å². The van der Waals surface area contributed by atoms with E-state index in [1.165, 1.54) is 0 Å². The molecule has 0 aromatic rings. The highest BCUT2D eigenvalue weighted by molar-refractivity contribution is 4.63. The van der Waals surface area contributed by atoms with Gasteiger partial charge in [0, 0.05) is 78.5 Å². The van der Waals surface area contributed by atoms with Gasteiger partial charge in [0.1, 0.15) is 0 Å². The van der Waals surface area contributed by atoms with Gasteiger partial charge < -0.3 is 33.2 Å². The number of nitrogens with two attached hydrogens (primary N) is 3. The highest BCUT2D eigenvalue weighted by Gasteiger charge is 2.02. The fourth-order valence-corrected chi connectivity index (χ4v) is 1.75. The van der Waals surface area contributed by atoms with Crippen LogP contribution in [0.3, 0.4) is 0 Å². The molecule has 0 saturated carbocycles.